The first-order valence-electron chi connectivity index (χ1n) is 14.9. The molecule has 0 saturated heterocycles. The summed E-state index contributed by atoms with van der Waals surface area (Å²) < 4.78 is 31.0. The Balaban J connectivity index is 0.00000181. The van der Waals surface area contributed by atoms with Crippen molar-refractivity contribution >= 4 is 5.57 Å². The molecule has 3 unspecified atom stereocenters. The maximum atomic E-state index is 16.1. The SMILES string of the molecule is C=C(C)c1ccc(CCc2cc(C)c(C3C4=C(CCN3CC(C)(C)F)C3C(=CC=CC3C)N4)c(F)c2)cc1.CC. The number of hydrogen-bond donors (Lipinski definition) is 1. The number of rotatable bonds is 7. The predicted molar refractivity (Wildman–Crippen MR) is 165 cm³/mol. The maximum Gasteiger partial charge on any atom is 0.128 e. The van der Waals surface area contributed by atoms with Crippen LogP contribution in [0.3, 0.4) is 0 Å². The zero-order valence-electron chi connectivity index (χ0n) is 25.4. The third-order valence-corrected chi connectivity index (χ3v) is 8.26. The van der Waals surface area contributed by atoms with Gasteiger partial charge in [-0.05, 0) is 92.8 Å². The highest BCUT2D eigenvalue weighted by Gasteiger charge is 2.44. The van der Waals surface area contributed by atoms with Gasteiger partial charge < -0.3 is 5.32 Å². The van der Waals surface area contributed by atoms with Crippen LogP contribution < -0.4 is 5.32 Å². The van der Waals surface area contributed by atoms with Crippen LogP contribution in [0.2, 0.25) is 0 Å². The summed E-state index contributed by atoms with van der Waals surface area (Å²) in [6.07, 6.45) is 8.96. The molecule has 3 atom stereocenters. The molecule has 1 aliphatic carbocycles. The highest BCUT2D eigenvalue weighted by atomic mass is 19.1. The molecule has 1 N–H and O–H groups in total. The van der Waals surface area contributed by atoms with Crippen LogP contribution in [0, 0.1) is 24.6 Å². The van der Waals surface area contributed by atoms with Gasteiger partial charge >= 0.3 is 0 Å². The monoisotopic (exact) mass is 544 g/mol. The van der Waals surface area contributed by atoms with E-state index in [9.17, 15) is 4.39 Å². The van der Waals surface area contributed by atoms with Gasteiger partial charge in [-0.25, -0.2) is 8.78 Å². The standard InChI is InChI=1S/C34H40F2N2.C2H6/c1-21(2)26-14-12-24(13-15-26)10-11-25-18-23(4)31(28(35)19-25)33-32-27(16-17-38(33)20-34(5,6)36)30-22(3)8-7-9-29(30)37-32;1-2/h7-9,12-15,18-19,22,30,33,37H,1,10-11,16-17,20H2,2-6H3;1-2H3. The second-order valence-corrected chi connectivity index (χ2v) is 12.0. The van der Waals surface area contributed by atoms with Crippen LogP contribution >= 0.6 is 0 Å². The van der Waals surface area contributed by atoms with Gasteiger partial charge in [0.2, 0.25) is 0 Å². The van der Waals surface area contributed by atoms with Crippen molar-refractivity contribution in [2.75, 3.05) is 13.1 Å². The van der Waals surface area contributed by atoms with Gasteiger partial charge in [0, 0.05) is 36.0 Å². The van der Waals surface area contributed by atoms with Gasteiger partial charge in [-0.3, -0.25) is 4.90 Å². The lowest BCUT2D eigenvalue weighted by Crippen LogP contribution is -2.44. The molecular weight excluding hydrogens is 498 g/mol. The molecule has 2 aromatic rings. The summed E-state index contributed by atoms with van der Waals surface area (Å²) >= 11 is 0. The summed E-state index contributed by atoms with van der Waals surface area (Å²) in [5.74, 6) is 0.490. The zero-order valence-corrected chi connectivity index (χ0v) is 25.4. The van der Waals surface area contributed by atoms with Crippen molar-refractivity contribution in [1.29, 1.82) is 0 Å². The molecular formula is C36H46F2N2. The second-order valence-electron chi connectivity index (χ2n) is 12.0. The molecule has 0 spiro atoms. The molecule has 5 rings (SSSR count). The van der Waals surface area contributed by atoms with Crippen LogP contribution in [-0.2, 0) is 12.8 Å². The quantitative estimate of drug-likeness (QED) is 0.374. The number of allylic oxidation sites excluding steroid dienone is 5. The lowest BCUT2D eigenvalue weighted by molar-refractivity contribution is 0.0953. The molecule has 2 heterocycles. The Hall–Kier alpha value is -2.98. The Bertz CT molecular complexity index is 1300. The Labute approximate surface area is 240 Å². The van der Waals surface area contributed by atoms with Crippen molar-refractivity contribution in [3.05, 3.63) is 112 Å². The van der Waals surface area contributed by atoms with E-state index in [0.29, 0.717) is 17.4 Å². The van der Waals surface area contributed by atoms with Crippen molar-refractivity contribution in [3.8, 4) is 0 Å². The normalized spacial score (nSPS) is 22.1. The maximum absolute atomic E-state index is 16.1. The summed E-state index contributed by atoms with van der Waals surface area (Å²) in [6.45, 7) is 18.5. The first-order chi connectivity index (χ1) is 19.0. The molecule has 3 aliphatic rings. The molecule has 0 fully saturated rings. The number of halogens is 2. The Morgan fingerprint density at radius 1 is 1.10 bits per heavy atom. The van der Waals surface area contributed by atoms with E-state index in [2.05, 4.69) is 72.3 Å². The van der Waals surface area contributed by atoms with Gasteiger partial charge in [0.1, 0.15) is 11.5 Å². The fourth-order valence-corrected chi connectivity index (χ4v) is 6.51. The summed E-state index contributed by atoms with van der Waals surface area (Å²) in [6, 6.07) is 12.0. The molecule has 214 valence electrons. The minimum absolute atomic E-state index is 0.199. The molecule has 0 aromatic heterocycles. The molecule has 0 saturated carbocycles. The average Bonchev–Trinajstić information content (AvgIpc) is 3.28. The highest BCUT2D eigenvalue weighted by molar-refractivity contribution is 5.61. The van der Waals surface area contributed by atoms with Crippen LogP contribution in [0.4, 0.5) is 8.78 Å². The smallest absolute Gasteiger partial charge is 0.128 e. The van der Waals surface area contributed by atoms with Crippen molar-refractivity contribution in [2.45, 2.75) is 79.4 Å². The number of fused-ring (bicyclic) bond motifs is 2. The number of alkyl halides is 1. The van der Waals surface area contributed by atoms with E-state index in [-0.39, 0.29) is 18.4 Å². The predicted octanol–water partition coefficient (Wildman–Crippen LogP) is 9.04. The molecule has 2 nitrogen and oxygen atoms in total. The van der Waals surface area contributed by atoms with Crippen molar-refractivity contribution in [1.82, 2.24) is 10.2 Å². The van der Waals surface area contributed by atoms with Crippen molar-refractivity contribution in [3.63, 3.8) is 0 Å². The van der Waals surface area contributed by atoms with Crippen LogP contribution in [0.15, 0.2) is 78.2 Å². The Morgan fingerprint density at radius 3 is 2.40 bits per heavy atom. The summed E-state index contributed by atoms with van der Waals surface area (Å²) in [4.78, 5) is 2.13. The molecule has 4 heteroatoms. The van der Waals surface area contributed by atoms with Gasteiger partial charge in [-0.1, -0.05) is 75.4 Å². The fraction of sp³-hybridized carbons (Fsp3) is 0.444. The molecule has 2 aromatic carbocycles. The fourth-order valence-electron chi connectivity index (χ4n) is 6.51. The molecule has 40 heavy (non-hydrogen) atoms. The zero-order chi connectivity index (χ0) is 29.2. The van der Waals surface area contributed by atoms with Crippen LogP contribution in [0.1, 0.15) is 81.8 Å². The summed E-state index contributed by atoms with van der Waals surface area (Å²) in [7, 11) is 0. The number of hydrogen-bond acceptors (Lipinski definition) is 2. The minimum Gasteiger partial charge on any atom is -0.360 e. The van der Waals surface area contributed by atoms with E-state index in [1.54, 1.807) is 19.9 Å². The second kappa shape index (κ2) is 12.3. The van der Waals surface area contributed by atoms with Gasteiger partial charge in [0.15, 0.2) is 0 Å². The van der Waals surface area contributed by atoms with Crippen molar-refractivity contribution < 1.29 is 8.78 Å². The first kappa shape index (κ1) is 30.0. The van der Waals surface area contributed by atoms with Crippen LogP contribution in [-0.4, -0.2) is 23.7 Å². The molecule has 0 amide bonds. The number of benzene rings is 2. The van der Waals surface area contributed by atoms with Crippen LogP contribution in [0.5, 0.6) is 0 Å². The Morgan fingerprint density at radius 2 is 1.77 bits per heavy atom. The number of nitrogens with one attached hydrogen (secondary N) is 1. The third-order valence-electron chi connectivity index (χ3n) is 8.26. The van der Waals surface area contributed by atoms with E-state index in [4.69, 9.17) is 0 Å². The van der Waals surface area contributed by atoms with E-state index in [1.807, 2.05) is 27.7 Å². The van der Waals surface area contributed by atoms with Gasteiger partial charge in [0.25, 0.3) is 0 Å². The number of nitrogens with zero attached hydrogens (tertiary/aromatic N) is 1. The van der Waals surface area contributed by atoms with E-state index >= 15 is 4.39 Å². The van der Waals surface area contributed by atoms with Gasteiger partial charge in [0.05, 0.1) is 6.04 Å². The van der Waals surface area contributed by atoms with E-state index in [1.165, 1.54) is 16.8 Å². The average molecular weight is 545 g/mol. The summed E-state index contributed by atoms with van der Waals surface area (Å²) in [5, 5.41) is 3.67. The van der Waals surface area contributed by atoms with Crippen molar-refractivity contribution in [2.24, 2.45) is 11.8 Å². The molecule has 0 radical (unpaired) electrons. The lowest BCUT2D eigenvalue weighted by Gasteiger charge is -2.40. The van der Waals surface area contributed by atoms with Crippen LogP contribution in [0.25, 0.3) is 5.57 Å². The van der Waals surface area contributed by atoms with E-state index < -0.39 is 5.67 Å². The minimum atomic E-state index is -1.38. The highest BCUT2D eigenvalue weighted by Crippen LogP contribution is 2.48. The topological polar surface area (TPSA) is 15.3 Å². The van der Waals surface area contributed by atoms with Gasteiger partial charge in [-0.2, -0.15) is 0 Å². The van der Waals surface area contributed by atoms with E-state index in [0.717, 1.165) is 53.8 Å². The Kier molecular flexibility index (Phi) is 9.19. The lowest BCUT2D eigenvalue weighted by atomic mass is 9.79. The summed E-state index contributed by atoms with van der Waals surface area (Å²) in [5.41, 5.74) is 8.22. The first-order valence-corrected chi connectivity index (χ1v) is 14.9. The largest absolute Gasteiger partial charge is 0.360 e. The molecule has 2 aliphatic heterocycles. The third kappa shape index (κ3) is 6.33. The number of aryl methyl sites for hydroxylation is 3. The van der Waals surface area contributed by atoms with Gasteiger partial charge in [-0.15, -0.1) is 0 Å². The molecule has 0 bridgehead atoms.